The Labute approximate surface area is 80.5 Å². The highest BCUT2D eigenvalue weighted by Crippen LogP contribution is 2.05. The van der Waals surface area contributed by atoms with E-state index in [4.69, 9.17) is 9.95 Å². The molecular formula is C8H10N4O2. The van der Waals surface area contributed by atoms with Gasteiger partial charge in [-0.3, -0.25) is 4.79 Å². The molecule has 1 aromatic rings. The first-order valence-corrected chi connectivity index (χ1v) is 4.05. The molecule has 0 saturated heterocycles. The molecule has 1 amide bonds. The van der Waals surface area contributed by atoms with Crippen LogP contribution in [0.5, 0.6) is 0 Å². The Morgan fingerprint density at radius 1 is 1.71 bits per heavy atom. The Bertz CT molecular complexity index is 365. The van der Waals surface area contributed by atoms with Crippen LogP contribution in [0, 0.1) is 6.92 Å². The van der Waals surface area contributed by atoms with E-state index in [0.717, 1.165) is 5.76 Å². The lowest BCUT2D eigenvalue weighted by molar-refractivity contribution is -0.119. The normalized spacial score (nSPS) is 9.21. The Hall–Kier alpha value is -1.94. The lowest BCUT2D eigenvalue weighted by atomic mass is 10.4. The topological polar surface area (TPSA) is 91.0 Å². The van der Waals surface area contributed by atoms with Crippen molar-refractivity contribution in [3.05, 3.63) is 34.1 Å². The minimum atomic E-state index is -0.322. The van der Waals surface area contributed by atoms with Gasteiger partial charge in [0.1, 0.15) is 18.1 Å². The zero-order valence-electron chi connectivity index (χ0n) is 7.73. The Morgan fingerprint density at radius 2 is 2.50 bits per heavy atom. The molecule has 0 aliphatic rings. The van der Waals surface area contributed by atoms with Crippen molar-refractivity contribution in [1.29, 1.82) is 0 Å². The number of rotatable bonds is 4. The summed E-state index contributed by atoms with van der Waals surface area (Å²) in [6.07, 6.45) is 0. The fourth-order valence-electron chi connectivity index (χ4n) is 0.918. The van der Waals surface area contributed by atoms with Gasteiger partial charge in [-0.1, -0.05) is 5.11 Å². The monoisotopic (exact) mass is 194 g/mol. The van der Waals surface area contributed by atoms with E-state index in [1.807, 2.05) is 13.0 Å². The highest BCUT2D eigenvalue weighted by atomic mass is 16.3. The van der Waals surface area contributed by atoms with Gasteiger partial charge in [-0.25, -0.2) is 0 Å². The molecule has 1 aromatic heterocycles. The van der Waals surface area contributed by atoms with Crippen LogP contribution in [0.1, 0.15) is 11.5 Å². The van der Waals surface area contributed by atoms with Gasteiger partial charge in [0.05, 0.1) is 6.54 Å². The minimum absolute atomic E-state index is 0.184. The summed E-state index contributed by atoms with van der Waals surface area (Å²) < 4.78 is 5.22. The van der Waals surface area contributed by atoms with E-state index in [1.165, 1.54) is 0 Å². The fraction of sp³-hybridized carbons (Fsp3) is 0.375. The number of hydrogen-bond acceptors (Lipinski definition) is 3. The summed E-state index contributed by atoms with van der Waals surface area (Å²) >= 11 is 0. The van der Waals surface area contributed by atoms with Crippen molar-refractivity contribution >= 4 is 5.91 Å². The van der Waals surface area contributed by atoms with E-state index < -0.39 is 0 Å². The largest absolute Gasteiger partial charge is 0.465 e. The molecule has 0 aliphatic heterocycles. The van der Waals surface area contributed by atoms with Crippen LogP contribution in [-0.2, 0) is 11.3 Å². The van der Waals surface area contributed by atoms with Crippen LogP contribution in [0.2, 0.25) is 0 Å². The molecule has 0 aromatic carbocycles. The molecule has 6 nitrogen and oxygen atoms in total. The zero-order valence-corrected chi connectivity index (χ0v) is 7.73. The second kappa shape index (κ2) is 4.94. The van der Waals surface area contributed by atoms with E-state index in [1.54, 1.807) is 6.07 Å². The van der Waals surface area contributed by atoms with Gasteiger partial charge in [-0.05, 0) is 24.6 Å². The van der Waals surface area contributed by atoms with Crippen molar-refractivity contribution in [2.75, 3.05) is 6.54 Å². The number of hydrogen-bond donors (Lipinski definition) is 1. The van der Waals surface area contributed by atoms with Crippen LogP contribution < -0.4 is 5.32 Å². The van der Waals surface area contributed by atoms with Gasteiger partial charge in [0.25, 0.3) is 0 Å². The van der Waals surface area contributed by atoms with Crippen molar-refractivity contribution < 1.29 is 9.21 Å². The minimum Gasteiger partial charge on any atom is -0.465 e. The number of nitrogens with one attached hydrogen (secondary N) is 1. The molecule has 0 aliphatic carbocycles. The standard InChI is InChI=1S/C8H10N4O2/c1-6-2-3-7(14-6)4-10-8(13)5-11-12-9/h2-3H,4-5H2,1H3,(H,10,13). The summed E-state index contributed by atoms with van der Waals surface area (Å²) in [5.74, 6) is 1.15. The van der Waals surface area contributed by atoms with Crippen molar-refractivity contribution in [3.8, 4) is 0 Å². The van der Waals surface area contributed by atoms with Gasteiger partial charge in [0.15, 0.2) is 0 Å². The number of carbonyl (C=O) groups excluding carboxylic acids is 1. The third kappa shape index (κ3) is 3.20. The maximum atomic E-state index is 11.0. The van der Waals surface area contributed by atoms with Crippen LogP contribution in [0.3, 0.4) is 0 Å². The summed E-state index contributed by atoms with van der Waals surface area (Å²) in [4.78, 5) is 13.4. The number of amides is 1. The Kier molecular flexibility index (Phi) is 3.58. The van der Waals surface area contributed by atoms with Gasteiger partial charge in [0, 0.05) is 4.91 Å². The molecule has 74 valence electrons. The van der Waals surface area contributed by atoms with Crippen molar-refractivity contribution in [2.24, 2.45) is 5.11 Å². The quantitative estimate of drug-likeness (QED) is 0.447. The first-order chi connectivity index (χ1) is 6.72. The molecule has 1 rings (SSSR count). The molecular weight excluding hydrogens is 184 g/mol. The molecule has 0 spiro atoms. The first-order valence-electron chi connectivity index (χ1n) is 4.05. The molecule has 14 heavy (non-hydrogen) atoms. The molecule has 0 unspecified atom stereocenters. The second-order valence-corrected chi connectivity index (χ2v) is 2.68. The SMILES string of the molecule is Cc1ccc(CNC(=O)CN=[N+]=[N-])o1. The first kappa shape index (κ1) is 10.1. The van der Waals surface area contributed by atoms with Crippen molar-refractivity contribution in [1.82, 2.24) is 5.32 Å². The predicted molar refractivity (Wildman–Crippen MR) is 49.3 cm³/mol. The van der Waals surface area contributed by atoms with Gasteiger partial charge in [-0.2, -0.15) is 0 Å². The second-order valence-electron chi connectivity index (χ2n) is 2.68. The maximum absolute atomic E-state index is 11.0. The number of furan rings is 1. The number of azide groups is 1. The fourth-order valence-corrected chi connectivity index (χ4v) is 0.918. The predicted octanol–water partition coefficient (Wildman–Crippen LogP) is 1.51. The summed E-state index contributed by atoms with van der Waals surface area (Å²) in [5, 5.41) is 5.68. The summed E-state index contributed by atoms with van der Waals surface area (Å²) in [7, 11) is 0. The summed E-state index contributed by atoms with van der Waals surface area (Å²) in [5.41, 5.74) is 7.96. The summed E-state index contributed by atoms with van der Waals surface area (Å²) in [6, 6.07) is 3.60. The van der Waals surface area contributed by atoms with Crippen molar-refractivity contribution in [3.63, 3.8) is 0 Å². The van der Waals surface area contributed by atoms with Gasteiger partial charge >= 0.3 is 0 Å². The molecule has 0 saturated carbocycles. The lowest BCUT2D eigenvalue weighted by Crippen LogP contribution is -2.24. The van der Waals surface area contributed by atoms with E-state index in [9.17, 15) is 4.79 Å². The van der Waals surface area contributed by atoms with Crippen molar-refractivity contribution in [2.45, 2.75) is 13.5 Å². The molecule has 1 heterocycles. The van der Waals surface area contributed by atoms with Gasteiger partial charge < -0.3 is 9.73 Å². The molecule has 6 heteroatoms. The molecule has 0 atom stereocenters. The average molecular weight is 194 g/mol. The Morgan fingerprint density at radius 3 is 3.07 bits per heavy atom. The number of nitrogens with zero attached hydrogens (tertiary/aromatic N) is 3. The van der Waals surface area contributed by atoms with Gasteiger partial charge in [0.2, 0.25) is 5.91 Å². The number of carbonyl (C=O) groups is 1. The molecule has 0 fully saturated rings. The third-order valence-corrected chi connectivity index (χ3v) is 1.53. The maximum Gasteiger partial charge on any atom is 0.226 e. The third-order valence-electron chi connectivity index (χ3n) is 1.53. The van der Waals surface area contributed by atoms with Crippen LogP contribution in [0.4, 0.5) is 0 Å². The van der Waals surface area contributed by atoms with Crippen LogP contribution in [-0.4, -0.2) is 12.5 Å². The smallest absolute Gasteiger partial charge is 0.226 e. The van der Waals surface area contributed by atoms with Crippen LogP contribution in [0.15, 0.2) is 21.7 Å². The molecule has 1 N–H and O–H groups in total. The molecule has 0 radical (unpaired) electrons. The average Bonchev–Trinajstić information content (AvgIpc) is 2.58. The van der Waals surface area contributed by atoms with Crippen LogP contribution in [0.25, 0.3) is 10.4 Å². The van der Waals surface area contributed by atoms with E-state index in [0.29, 0.717) is 12.3 Å². The van der Waals surface area contributed by atoms with E-state index in [-0.39, 0.29) is 12.5 Å². The van der Waals surface area contributed by atoms with Crippen LogP contribution >= 0.6 is 0 Å². The molecule has 0 bridgehead atoms. The Balaban J connectivity index is 2.33. The highest BCUT2D eigenvalue weighted by Gasteiger charge is 2.01. The van der Waals surface area contributed by atoms with Gasteiger partial charge in [-0.15, -0.1) is 0 Å². The zero-order chi connectivity index (χ0) is 10.4. The highest BCUT2D eigenvalue weighted by molar-refractivity contribution is 5.77. The van der Waals surface area contributed by atoms with E-state index >= 15 is 0 Å². The lowest BCUT2D eigenvalue weighted by Gasteiger charge is -1.99. The number of aryl methyl sites for hydroxylation is 1. The summed E-state index contributed by atoms with van der Waals surface area (Å²) in [6.45, 7) is 1.95. The van der Waals surface area contributed by atoms with E-state index in [2.05, 4.69) is 15.3 Å².